The standard InChI is InChI=1S/C20H24N2O2/c1-2-21-12-14-22(15-13-21)16-20(23)17-8-10-19(11-9-17)24-18-6-4-3-5-7-18/h3-11H,2,12-16H2,1H3. The smallest absolute Gasteiger partial charge is 0.176 e. The van der Waals surface area contributed by atoms with E-state index < -0.39 is 0 Å². The second-order valence-electron chi connectivity index (χ2n) is 6.07. The van der Waals surface area contributed by atoms with Crippen molar-refractivity contribution in [1.82, 2.24) is 9.80 Å². The van der Waals surface area contributed by atoms with Gasteiger partial charge >= 0.3 is 0 Å². The molecule has 24 heavy (non-hydrogen) atoms. The second-order valence-corrected chi connectivity index (χ2v) is 6.07. The Bertz CT molecular complexity index is 647. The van der Waals surface area contributed by atoms with Gasteiger partial charge in [0.15, 0.2) is 5.78 Å². The van der Waals surface area contributed by atoms with Crippen molar-refractivity contribution in [3.05, 3.63) is 60.2 Å². The number of para-hydroxylation sites is 1. The first kappa shape index (κ1) is 16.7. The van der Waals surface area contributed by atoms with E-state index in [4.69, 9.17) is 4.74 Å². The molecule has 1 fully saturated rings. The molecule has 1 aliphatic heterocycles. The van der Waals surface area contributed by atoms with Crippen molar-refractivity contribution >= 4 is 5.78 Å². The van der Waals surface area contributed by atoms with E-state index in [-0.39, 0.29) is 5.78 Å². The molecule has 0 spiro atoms. The molecule has 2 aromatic rings. The Hall–Kier alpha value is -2.17. The van der Waals surface area contributed by atoms with Crippen LogP contribution in [0, 0.1) is 0 Å². The normalized spacial score (nSPS) is 16.0. The van der Waals surface area contributed by atoms with E-state index in [0.717, 1.165) is 49.8 Å². The van der Waals surface area contributed by atoms with Gasteiger partial charge in [0.25, 0.3) is 0 Å². The van der Waals surface area contributed by atoms with Gasteiger partial charge in [0, 0.05) is 31.7 Å². The first-order valence-corrected chi connectivity index (χ1v) is 8.55. The van der Waals surface area contributed by atoms with Gasteiger partial charge < -0.3 is 9.64 Å². The Labute approximate surface area is 143 Å². The molecule has 1 saturated heterocycles. The summed E-state index contributed by atoms with van der Waals surface area (Å²) in [5.41, 5.74) is 0.744. The van der Waals surface area contributed by atoms with Crippen molar-refractivity contribution < 1.29 is 9.53 Å². The second kappa shape index (κ2) is 8.08. The lowest BCUT2D eigenvalue weighted by molar-refractivity contribution is 0.0859. The SMILES string of the molecule is CCN1CCN(CC(=O)c2ccc(Oc3ccccc3)cc2)CC1. The Morgan fingerprint density at radius 3 is 2.08 bits per heavy atom. The molecule has 1 heterocycles. The summed E-state index contributed by atoms with van der Waals surface area (Å²) in [6.45, 7) is 7.80. The number of carbonyl (C=O) groups is 1. The molecule has 2 aromatic carbocycles. The minimum atomic E-state index is 0.172. The summed E-state index contributed by atoms with van der Waals surface area (Å²) < 4.78 is 5.76. The number of ketones is 1. The summed E-state index contributed by atoms with van der Waals surface area (Å²) >= 11 is 0. The lowest BCUT2D eigenvalue weighted by Gasteiger charge is -2.33. The lowest BCUT2D eigenvalue weighted by atomic mass is 10.1. The first-order valence-electron chi connectivity index (χ1n) is 8.55. The van der Waals surface area contributed by atoms with Gasteiger partial charge in [-0.05, 0) is 42.9 Å². The molecule has 0 unspecified atom stereocenters. The van der Waals surface area contributed by atoms with Gasteiger partial charge in [-0.15, -0.1) is 0 Å². The summed E-state index contributed by atoms with van der Waals surface area (Å²) in [5, 5.41) is 0. The van der Waals surface area contributed by atoms with E-state index >= 15 is 0 Å². The molecule has 1 aliphatic rings. The molecule has 4 nitrogen and oxygen atoms in total. The number of Topliss-reactive ketones (excluding diaryl/α,β-unsaturated/α-hetero) is 1. The number of hydrogen-bond donors (Lipinski definition) is 0. The van der Waals surface area contributed by atoms with E-state index in [9.17, 15) is 4.79 Å². The molecule has 0 aromatic heterocycles. The van der Waals surface area contributed by atoms with Crippen LogP contribution in [0.15, 0.2) is 54.6 Å². The van der Waals surface area contributed by atoms with Crippen LogP contribution in [-0.2, 0) is 0 Å². The molecule has 4 heteroatoms. The van der Waals surface area contributed by atoms with E-state index in [2.05, 4.69) is 16.7 Å². The summed E-state index contributed by atoms with van der Waals surface area (Å²) in [4.78, 5) is 17.1. The molecule has 0 bridgehead atoms. The summed E-state index contributed by atoms with van der Waals surface area (Å²) in [5.74, 6) is 1.71. The molecule has 126 valence electrons. The maximum absolute atomic E-state index is 12.4. The number of piperazine rings is 1. The molecule has 0 atom stereocenters. The van der Waals surface area contributed by atoms with Crippen LogP contribution in [0.25, 0.3) is 0 Å². The number of carbonyl (C=O) groups excluding carboxylic acids is 1. The van der Waals surface area contributed by atoms with Crippen molar-refractivity contribution in [2.45, 2.75) is 6.92 Å². The van der Waals surface area contributed by atoms with Crippen LogP contribution in [0.2, 0.25) is 0 Å². The number of benzene rings is 2. The van der Waals surface area contributed by atoms with Crippen LogP contribution in [0.4, 0.5) is 0 Å². The highest BCUT2D eigenvalue weighted by atomic mass is 16.5. The Balaban J connectivity index is 1.54. The lowest BCUT2D eigenvalue weighted by Crippen LogP contribution is -2.47. The van der Waals surface area contributed by atoms with Crippen LogP contribution in [0.3, 0.4) is 0 Å². The summed E-state index contributed by atoms with van der Waals surface area (Å²) in [7, 11) is 0. The fourth-order valence-electron chi connectivity index (χ4n) is 2.89. The summed E-state index contributed by atoms with van der Waals surface area (Å²) in [6, 6.07) is 17.1. The Morgan fingerprint density at radius 2 is 1.46 bits per heavy atom. The fourth-order valence-corrected chi connectivity index (χ4v) is 2.89. The van der Waals surface area contributed by atoms with Crippen molar-refractivity contribution in [3.63, 3.8) is 0 Å². The van der Waals surface area contributed by atoms with Gasteiger partial charge in [0.05, 0.1) is 6.54 Å². The highest BCUT2D eigenvalue weighted by Crippen LogP contribution is 2.21. The van der Waals surface area contributed by atoms with Crippen molar-refractivity contribution in [2.75, 3.05) is 39.3 Å². The highest BCUT2D eigenvalue weighted by molar-refractivity contribution is 5.97. The minimum Gasteiger partial charge on any atom is -0.457 e. The largest absolute Gasteiger partial charge is 0.457 e. The van der Waals surface area contributed by atoms with Crippen molar-refractivity contribution in [3.8, 4) is 11.5 Å². The van der Waals surface area contributed by atoms with E-state index in [0.29, 0.717) is 6.54 Å². The van der Waals surface area contributed by atoms with Gasteiger partial charge in [-0.2, -0.15) is 0 Å². The molecular weight excluding hydrogens is 300 g/mol. The predicted octanol–water partition coefficient (Wildman–Crippen LogP) is 3.30. The maximum atomic E-state index is 12.4. The third-order valence-electron chi connectivity index (χ3n) is 4.43. The first-order chi connectivity index (χ1) is 11.7. The van der Waals surface area contributed by atoms with Crippen molar-refractivity contribution in [2.24, 2.45) is 0 Å². The molecule has 0 aliphatic carbocycles. The van der Waals surface area contributed by atoms with Gasteiger partial charge in [-0.25, -0.2) is 0 Å². The third kappa shape index (κ3) is 4.43. The molecule has 0 saturated carbocycles. The average Bonchev–Trinajstić information content (AvgIpc) is 2.64. The number of rotatable bonds is 6. The zero-order valence-electron chi connectivity index (χ0n) is 14.1. The van der Waals surface area contributed by atoms with Crippen LogP contribution in [-0.4, -0.2) is 54.9 Å². The molecule has 0 radical (unpaired) electrons. The van der Waals surface area contributed by atoms with Crippen LogP contribution in [0.5, 0.6) is 11.5 Å². The predicted molar refractivity (Wildman–Crippen MR) is 95.8 cm³/mol. The van der Waals surface area contributed by atoms with E-state index in [1.54, 1.807) is 0 Å². The van der Waals surface area contributed by atoms with Crippen LogP contribution >= 0.6 is 0 Å². The van der Waals surface area contributed by atoms with Crippen LogP contribution in [0.1, 0.15) is 17.3 Å². The van der Waals surface area contributed by atoms with E-state index in [1.807, 2.05) is 54.6 Å². The number of nitrogens with zero attached hydrogens (tertiary/aromatic N) is 2. The quantitative estimate of drug-likeness (QED) is 0.763. The topological polar surface area (TPSA) is 32.8 Å². The van der Waals surface area contributed by atoms with Crippen molar-refractivity contribution in [1.29, 1.82) is 0 Å². The number of ether oxygens (including phenoxy) is 1. The summed E-state index contributed by atoms with van der Waals surface area (Å²) in [6.07, 6.45) is 0. The third-order valence-corrected chi connectivity index (χ3v) is 4.43. The average molecular weight is 324 g/mol. The van der Waals surface area contributed by atoms with Gasteiger partial charge in [-0.1, -0.05) is 25.1 Å². The minimum absolute atomic E-state index is 0.172. The van der Waals surface area contributed by atoms with E-state index in [1.165, 1.54) is 0 Å². The Morgan fingerprint density at radius 1 is 0.875 bits per heavy atom. The molecule has 0 amide bonds. The van der Waals surface area contributed by atoms with Gasteiger partial charge in [-0.3, -0.25) is 9.69 Å². The van der Waals surface area contributed by atoms with Gasteiger partial charge in [0.1, 0.15) is 11.5 Å². The highest BCUT2D eigenvalue weighted by Gasteiger charge is 2.18. The molecule has 3 rings (SSSR count). The maximum Gasteiger partial charge on any atom is 0.176 e. The Kier molecular flexibility index (Phi) is 5.62. The zero-order chi connectivity index (χ0) is 16.8. The zero-order valence-corrected chi connectivity index (χ0v) is 14.1. The fraction of sp³-hybridized carbons (Fsp3) is 0.350. The number of hydrogen-bond acceptors (Lipinski definition) is 4. The molecule has 0 N–H and O–H groups in total. The number of likely N-dealkylation sites (N-methyl/N-ethyl adjacent to an activating group) is 1. The molecular formula is C20H24N2O2. The monoisotopic (exact) mass is 324 g/mol. The van der Waals surface area contributed by atoms with Crippen LogP contribution < -0.4 is 4.74 Å². The van der Waals surface area contributed by atoms with Gasteiger partial charge in [0.2, 0.25) is 0 Å².